The minimum Gasteiger partial charge on any atom is -0.493 e. The Morgan fingerprint density at radius 3 is 2.47 bits per heavy atom. The van der Waals surface area contributed by atoms with Crippen LogP contribution in [0, 0.1) is 11.3 Å². The van der Waals surface area contributed by atoms with E-state index < -0.39 is 11.9 Å². The number of amides is 1. The lowest BCUT2D eigenvalue weighted by Gasteiger charge is -2.14. The minimum atomic E-state index is -0.991. The molecule has 0 saturated heterocycles. The smallest absolute Gasteiger partial charge is 0.335 e. The van der Waals surface area contributed by atoms with Gasteiger partial charge in [-0.15, -0.1) is 0 Å². The zero-order valence-electron chi connectivity index (χ0n) is 16.7. The minimum absolute atomic E-state index is 0.0233. The zero-order chi connectivity index (χ0) is 22.3. The molecule has 0 atom stereocenters. The predicted octanol–water partition coefficient (Wildman–Crippen LogP) is 4.17. The van der Waals surface area contributed by atoms with E-state index in [2.05, 4.69) is 21.2 Å². The highest BCUT2D eigenvalue weighted by atomic mass is 79.9. The molecule has 2 rings (SSSR count). The lowest BCUT2D eigenvalue weighted by Crippen LogP contribution is -2.30. The number of hydrogen-bond donors (Lipinski definition) is 2. The number of carbonyl (C=O) groups is 2. The van der Waals surface area contributed by atoms with Crippen LogP contribution in [0.15, 0.2) is 46.4 Å². The normalized spacial score (nSPS) is 11.0. The molecule has 2 N–H and O–H groups in total. The Morgan fingerprint density at radius 2 is 1.93 bits per heavy atom. The van der Waals surface area contributed by atoms with Gasteiger partial charge in [-0.1, -0.05) is 12.1 Å². The molecule has 2 aromatic rings. The number of carboxylic acids is 1. The van der Waals surface area contributed by atoms with Crippen molar-refractivity contribution in [3.8, 4) is 17.6 Å². The highest BCUT2D eigenvalue weighted by Crippen LogP contribution is 2.37. The Balaban J connectivity index is 2.24. The first-order valence-corrected chi connectivity index (χ1v) is 9.79. The number of rotatable bonds is 8. The van der Waals surface area contributed by atoms with Gasteiger partial charge in [-0.3, -0.25) is 4.79 Å². The number of ether oxygens (including phenoxy) is 2. The Morgan fingerprint density at radius 1 is 1.27 bits per heavy atom. The third-order valence-corrected chi connectivity index (χ3v) is 4.52. The lowest BCUT2D eigenvalue weighted by atomic mass is 10.1. The molecule has 0 radical (unpaired) electrons. The van der Waals surface area contributed by atoms with Crippen molar-refractivity contribution in [2.24, 2.45) is 0 Å². The van der Waals surface area contributed by atoms with Crippen LogP contribution in [-0.2, 0) is 11.4 Å². The van der Waals surface area contributed by atoms with Crippen molar-refractivity contribution in [3.63, 3.8) is 0 Å². The van der Waals surface area contributed by atoms with E-state index in [1.54, 1.807) is 24.3 Å². The van der Waals surface area contributed by atoms with Gasteiger partial charge in [0.05, 0.1) is 17.1 Å². The van der Waals surface area contributed by atoms with Crippen molar-refractivity contribution in [1.82, 2.24) is 5.32 Å². The molecule has 0 spiro atoms. The molecule has 2 aromatic carbocycles. The number of carboxylic acid groups (broad SMARTS) is 1. The Labute approximate surface area is 183 Å². The van der Waals surface area contributed by atoms with Crippen LogP contribution < -0.4 is 14.8 Å². The van der Waals surface area contributed by atoms with Crippen LogP contribution in [0.1, 0.15) is 35.3 Å². The van der Waals surface area contributed by atoms with Crippen molar-refractivity contribution < 1.29 is 24.2 Å². The van der Waals surface area contributed by atoms with E-state index in [0.717, 1.165) is 5.56 Å². The van der Waals surface area contributed by atoms with E-state index in [9.17, 15) is 14.9 Å². The topological polar surface area (TPSA) is 109 Å². The zero-order valence-corrected chi connectivity index (χ0v) is 18.3. The summed E-state index contributed by atoms with van der Waals surface area (Å²) in [4.78, 5) is 23.1. The van der Waals surface area contributed by atoms with Crippen LogP contribution in [0.4, 0.5) is 0 Å². The average Bonchev–Trinajstić information content (AvgIpc) is 2.70. The molecule has 0 aliphatic rings. The van der Waals surface area contributed by atoms with Crippen LogP contribution in [-0.4, -0.2) is 30.1 Å². The number of aromatic carboxylic acids is 1. The van der Waals surface area contributed by atoms with E-state index in [1.807, 2.05) is 19.9 Å². The average molecular weight is 473 g/mol. The summed E-state index contributed by atoms with van der Waals surface area (Å²) in [5.41, 5.74) is 1.55. The summed E-state index contributed by atoms with van der Waals surface area (Å²) in [5, 5.41) is 21.0. The standard InChI is InChI=1S/C22H21BrN2O5/c1-13(2)25-21(26)17(11-24)8-15-9-18(23)20(19(10-15)29-3)30-12-14-4-6-16(7-5-14)22(27)28/h4-10,13H,12H2,1-3H3,(H,25,26)(H,27,28)/b17-8-. The lowest BCUT2D eigenvalue weighted by molar-refractivity contribution is -0.117. The molecule has 0 aliphatic heterocycles. The molecule has 30 heavy (non-hydrogen) atoms. The highest BCUT2D eigenvalue weighted by Gasteiger charge is 2.14. The first-order chi connectivity index (χ1) is 14.2. The summed E-state index contributed by atoms with van der Waals surface area (Å²) in [6.45, 7) is 3.83. The second-order valence-electron chi connectivity index (χ2n) is 6.62. The second-order valence-corrected chi connectivity index (χ2v) is 7.48. The van der Waals surface area contributed by atoms with E-state index in [0.29, 0.717) is 21.5 Å². The number of hydrogen-bond acceptors (Lipinski definition) is 5. The molecular formula is C22H21BrN2O5. The van der Waals surface area contributed by atoms with Crippen molar-refractivity contribution in [3.05, 3.63) is 63.1 Å². The fourth-order valence-corrected chi connectivity index (χ4v) is 3.09. The first kappa shape index (κ1) is 23.0. The molecule has 7 nitrogen and oxygen atoms in total. The van der Waals surface area contributed by atoms with Gasteiger partial charge in [0.2, 0.25) is 0 Å². The molecule has 0 aliphatic carbocycles. The molecule has 0 fully saturated rings. The third-order valence-electron chi connectivity index (χ3n) is 3.93. The van der Waals surface area contributed by atoms with Gasteiger partial charge >= 0.3 is 5.97 Å². The third kappa shape index (κ3) is 6.09. The van der Waals surface area contributed by atoms with Gasteiger partial charge in [-0.05, 0) is 71.2 Å². The fraction of sp³-hybridized carbons (Fsp3) is 0.227. The molecule has 0 saturated carbocycles. The molecule has 1 amide bonds. The summed E-state index contributed by atoms with van der Waals surface area (Å²) < 4.78 is 11.8. The summed E-state index contributed by atoms with van der Waals surface area (Å²) in [6.07, 6.45) is 1.47. The van der Waals surface area contributed by atoms with E-state index >= 15 is 0 Å². The number of carbonyl (C=O) groups excluding carboxylic acids is 1. The van der Waals surface area contributed by atoms with Gasteiger partial charge in [0.1, 0.15) is 18.2 Å². The second kappa shape index (κ2) is 10.5. The Kier molecular flexibility index (Phi) is 8.01. The quantitative estimate of drug-likeness (QED) is 0.440. The maximum absolute atomic E-state index is 12.1. The van der Waals surface area contributed by atoms with Crippen LogP contribution >= 0.6 is 15.9 Å². The summed E-state index contributed by atoms with van der Waals surface area (Å²) in [7, 11) is 1.49. The van der Waals surface area contributed by atoms with Gasteiger partial charge in [-0.25, -0.2) is 4.79 Å². The first-order valence-electron chi connectivity index (χ1n) is 9.00. The molecule has 0 heterocycles. The van der Waals surface area contributed by atoms with Crippen LogP contribution in [0.25, 0.3) is 6.08 Å². The molecule has 0 bridgehead atoms. The van der Waals surface area contributed by atoms with Gasteiger partial charge < -0.3 is 19.9 Å². The van der Waals surface area contributed by atoms with Crippen molar-refractivity contribution in [2.45, 2.75) is 26.5 Å². The number of methoxy groups -OCH3 is 1. The van der Waals surface area contributed by atoms with Crippen LogP contribution in [0.5, 0.6) is 11.5 Å². The Hall–Kier alpha value is -3.31. The van der Waals surface area contributed by atoms with Gasteiger partial charge in [-0.2, -0.15) is 5.26 Å². The van der Waals surface area contributed by atoms with Crippen molar-refractivity contribution in [2.75, 3.05) is 7.11 Å². The molecule has 0 unspecified atom stereocenters. The maximum Gasteiger partial charge on any atom is 0.335 e. The number of nitrogens with one attached hydrogen (secondary N) is 1. The maximum atomic E-state index is 12.1. The van der Waals surface area contributed by atoms with Crippen LogP contribution in [0.2, 0.25) is 0 Å². The summed E-state index contributed by atoms with van der Waals surface area (Å²) in [6, 6.07) is 11.6. The summed E-state index contributed by atoms with van der Waals surface area (Å²) >= 11 is 3.44. The van der Waals surface area contributed by atoms with E-state index in [1.165, 1.54) is 25.3 Å². The molecular weight excluding hydrogens is 452 g/mol. The highest BCUT2D eigenvalue weighted by molar-refractivity contribution is 9.10. The monoisotopic (exact) mass is 472 g/mol. The van der Waals surface area contributed by atoms with Crippen molar-refractivity contribution in [1.29, 1.82) is 5.26 Å². The summed E-state index contributed by atoms with van der Waals surface area (Å²) in [5.74, 6) is -0.580. The van der Waals surface area contributed by atoms with E-state index in [4.69, 9.17) is 14.6 Å². The fourth-order valence-electron chi connectivity index (χ4n) is 2.52. The van der Waals surface area contributed by atoms with Gasteiger partial charge in [0, 0.05) is 6.04 Å². The number of nitriles is 1. The molecule has 0 aromatic heterocycles. The van der Waals surface area contributed by atoms with E-state index in [-0.39, 0.29) is 23.8 Å². The number of nitrogens with zero attached hydrogens (tertiary/aromatic N) is 1. The van der Waals surface area contributed by atoms with Crippen LogP contribution in [0.3, 0.4) is 0 Å². The van der Waals surface area contributed by atoms with Gasteiger partial charge in [0.15, 0.2) is 11.5 Å². The SMILES string of the molecule is COc1cc(/C=C(/C#N)C(=O)NC(C)C)cc(Br)c1OCc1ccc(C(=O)O)cc1. The predicted molar refractivity (Wildman–Crippen MR) is 115 cm³/mol. The van der Waals surface area contributed by atoms with Crippen molar-refractivity contribution >= 4 is 33.9 Å². The van der Waals surface area contributed by atoms with Gasteiger partial charge in [0.25, 0.3) is 5.91 Å². The molecule has 8 heteroatoms. The Bertz CT molecular complexity index is 1010. The molecule has 156 valence electrons. The largest absolute Gasteiger partial charge is 0.493 e. The number of benzene rings is 2. The number of halogens is 1.